The number of methoxy groups -OCH3 is 1. The molecular formula is C16H16O5. The van der Waals surface area contributed by atoms with Crippen LogP contribution in [0.5, 0.6) is 28.7 Å². The minimum atomic E-state index is -0.240. The summed E-state index contributed by atoms with van der Waals surface area (Å²) in [5.41, 5.74) is 1.52. The van der Waals surface area contributed by atoms with Gasteiger partial charge in [-0.25, -0.2) is 0 Å². The summed E-state index contributed by atoms with van der Waals surface area (Å²) < 4.78 is 10.9. The van der Waals surface area contributed by atoms with Crippen LogP contribution in [0, 0.1) is 0 Å². The number of rotatable bonds is 2. The van der Waals surface area contributed by atoms with Crippen molar-refractivity contribution in [2.45, 2.75) is 18.9 Å². The normalized spacial score (nSPS) is 16.9. The van der Waals surface area contributed by atoms with E-state index in [0.717, 1.165) is 5.56 Å². The number of fused-ring (bicyclic) bond motifs is 1. The van der Waals surface area contributed by atoms with E-state index in [-0.39, 0.29) is 23.4 Å². The molecule has 0 fully saturated rings. The molecule has 5 heteroatoms. The van der Waals surface area contributed by atoms with Crippen LogP contribution in [0.15, 0.2) is 30.3 Å². The molecule has 0 saturated heterocycles. The first kappa shape index (κ1) is 13.4. The molecule has 0 radical (unpaired) electrons. The van der Waals surface area contributed by atoms with E-state index in [9.17, 15) is 15.3 Å². The molecule has 2 aromatic carbocycles. The minimum absolute atomic E-state index is 0.0375. The van der Waals surface area contributed by atoms with Crippen molar-refractivity contribution >= 4 is 0 Å². The van der Waals surface area contributed by atoms with Gasteiger partial charge in [-0.2, -0.15) is 0 Å². The molecule has 5 nitrogen and oxygen atoms in total. The summed E-state index contributed by atoms with van der Waals surface area (Å²) in [6.45, 7) is 0. The predicted molar refractivity (Wildman–Crippen MR) is 76.1 cm³/mol. The number of aromatic hydroxyl groups is 3. The van der Waals surface area contributed by atoms with E-state index in [0.29, 0.717) is 29.9 Å². The molecule has 0 spiro atoms. The van der Waals surface area contributed by atoms with Gasteiger partial charge in [-0.3, -0.25) is 0 Å². The number of hydrogen-bond acceptors (Lipinski definition) is 5. The van der Waals surface area contributed by atoms with E-state index < -0.39 is 0 Å². The topological polar surface area (TPSA) is 79.2 Å². The Morgan fingerprint density at radius 2 is 1.90 bits per heavy atom. The molecule has 1 unspecified atom stereocenters. The summed E-state index contributed by atoms with van der Waals surface area (Å²) in [6, 6.07) is 7.92. The highest BCUT2D eigenvalue weighted by atomic mass is 16.5. The predicted octanol–water partition coefficient (Wildman–Crippen LogP) is 2.88. The SMILES string of the molecule is COc1ccc(C2CCc3c(O)cc(O)cc3O2)cc1O. The maximum absolute atomic E-state index is 9.84. The Hall–Kier alpha value is -2.56. The van der Waals surface area contributed by atoms with Crippen LogP contribution in [0.25, 0.3) is 0 Å². The van der Waals surface area contributed by atoms with Crippen molar-refractivity contribution in [2.24, 2.45) is 0 Å². The second-order valence-electron chi connectivity index (χ2n) is 5.02. The van der Waals surface area contributed by atoms with Crippen molar-refractivity contribution < 1.29 is 24.8 Å². The molecule has 2 aromatic rings. The smallest absolute Gasteiger partial charge is 0.160 e. The lowest BCUT2D eigenvalue weighted by molar-refractivity contribution is 0.173. The molecule has 1 aliphatic heterocycles. The van der Waals surface area contributed by atoms with Crippen molar-refractivity contribution in [3.05, 3.63) is 41.5 Å². The Kier molecular flexibility index (Phi) is 3.25. The third kappa shape index (κ3) is 2.42. The van der Waals surface area contributed by atoms with Gasteiger partial charge in [0.2, 0.25) is 0 Å². The highest BCUT2D eigenvalue weighted by molar-refractivity contribution is 5.51. The molecule has 0 amide bonds. The summed E-state index contributed by atoms with van der Waals surface area (Å²) in [5, 5.41) is 29.2. The maximum atomic E-state index is 9.84. The molecule has 0 aromatic heterocycles. The van der Waals surface area contributed by atoms with E-state index in [1.165, 1.54) is 19.2 Å². The first-order valence-corrected chi connectivity index (χ1v) is 6.67. The first-order valence-electron chi connectivity index (χ1n) is 6.67. The van der Waals surface area contributed by atoms with Crippen LogP contribution < -0.4 is 9.47 Å². The summed E-state index contributed by atoms with van der Waals surface area (Å²) in [4.78, 5) is 0. The number of phenols is 3. The van der Waals surface area contributed by atoms with E-state index in [2.05, 4.69) is 0 Å². The van der Waals surface area contributed by atoms with Gasteiger partial charge in [0.25, 0.3) is 0 Å². The molecule has 3 N–H and O–H groups in total. The maximum Gasteiger partial charge on any atom is 0.160 e. The molecule has 0 saturated carbocycles. The fourth-order valence-corrected chi connectivity index (χ4v) is 2.60. The van der Waals surface area contributed by atoms with Crippen LogP contribution in [-0.2, 0) is 6.42 Å². The van der Waals surface area contributed by atoms with Gasteiger partial charge in [0.05, 0.1) is 7.11 Å². The third-order valence-corrected chi connectivity index (χ3v) is 3.67. The van der Waals surface area contributed by atoms with Gasteiger partial charge >= 0.3 is 0 Å². The number of hydrogen-bond donors (Lipinski definition) is 3. The Bertz CT molecular complexity index is 681. The van der Waals surface area contributed by atoms with Crippen molar-refractivity contribution in [2.75, 3.05) is 7.11 Å². The number of phenolic OH excluding ortho intramolecular Hbond substituents is 3. The summed E-state index contributed by atoms with van der Waals surface area (Å²) in [6.07, 6.45) is 1.08. The largest absolute Gasteiger partial charge is 0.508 e. The second kappa shape index (κ2) is 5.09. The molecule has 1 atom stereocenters. The number of ether oxygens (including phenoxy) is 2. The molecule has 0 aliphatic carbocycles. The highest BCUT2D eigenvalue weighted by Gasteiger charge is 2.25. The van der Waals surface area contributed by atoms with Crippen molar-refractivity contribution in [1.29, 1.82) is 0 Å². The van der Waals surface area contributed by atoms with Crippen molar-refractivity contribution in [3.63, 3.8) is 0 Å². The third-order valence-electron chi connectivity index (χ3n) is 3.67. The first-order chi connectivity index (χ1) is 10.1. The van der Waals surface area contributed by atoms with Crippen LogP contribution in [0.2, 0.25) is 0 Å². The molecule has 21 heavy (non-hydrogen) atoms. The van der Waals surface area contributed by atoms with Gasteiger partial charge in [0.1, 0.15) is 23.4 Å². The Morgan fingerprint density at radius 1 is 1.10 bits per heavy atom. The lowest BCUT2D eigenvalue weighted by Crippen LogP contribution is -2.15. The molecular weight excluding hydrogens is 272 g/mol. The Morgan fingerprint density at radius 3 is 2.62 bits per heavy atom. The van der Waals surface area contributed by atoms with Crippen molar-refractivity contribution in [3.8, 4) is 28.7 Å². The zero-order valence-corrected chi connectivity index (χ0v) is 11.5. The van der Waals surface area contributed by atoms with Crippen LogP contribution in [0.4, 0.5) is 0 Å². The molecule has 3 rings (SSSR count). The van der Waals surface area contributed by atoms with E-state index in [4.69, 9.17) is 9.47 Å². The fourth-order valence-electron chi connectivity index (χ4n) is 2.60. The Labute approximate surface area is 122 Å². The van der Waals surface area contributed by atoms with Crippen LogP contribution in [-0.4, -0.2) is 22.4 Å². The lowest BCUT2D eigenvalue weighted by Gasteiger charge is -2.27. The standard InChI is InChI=1S/C16H16O5/c1-20-15-4-2-9(6-13(15)19)14-5-3-11-12(18)7-10(17)8-16(11)21-14/h2,4,6-8,14,17-19H,3,5H2,1H3. The summed E-state index contributed by atoms with van der Waals surface area (Å²) in [5.74, 6) is 0.943. The monoisotopic (exact) mass is 288 g/mol. The molecule has 1 aliphatic rings. The summed E-state index contributed by atoms with van der Waals surface area (Å²) >= 11 is 0. The van der Waals surface area contributed by atoms with Crippen LogP contribution in [0.3, 0.4) is 0 Å². The lowest BCUT2D eigenvalue weighted by atomic mass is 9.96. The van der Waals surface area contributed by atoms with Crippen molar-refractivity contribution in [1.82, 2.24) is 0 Å². The average Bonchev–Trinajstić information content (AvgIpc) is 2.46. The quantitative estimate of drug-likeness (QED) is 0.792. The number of benzene rings is 2. The zero-order valence-electron chi connectivity index (χ0n) is 11.5. The van der Waals surface area contributed by atoms with Gasteiger partial charge in [-0.1, -0.05) is 6.07 Å². The molecule has 110 valence electrons. The van der Waals surface area contributed by atoms with Gasteiger partial charge in [0, 0.05) is 17.7 Å². The second-order valence-corrected chi connectivity index (χ2v) is 5.02. The highest BCUT2D eigenvalue weighted by Crippen LogP contribution is 2.42. The summed E-state index contributed by atoms with van der Waals surface area (Å²) in [7, 11) is 1.49. The van der Waals surface area contributed by atoms with Crippen LogP contribution >= 0.6 is 0 Å². The molecule has 0 bridgehead atoms. The van der Waals surface area contributed by atoms with Gasteiger partial charge in [-0.05, 0) is 30.5 Å². The fraction of sp³-hybridized carbons (Fsp3) is 0.250. The Balaban J connectivity index is 1.91. The van der Waals surface area contributed by atoms with Gasteiger partial charge in [0.15, 0.2) is 11.5 Å². The van der Waals surface area contributed by atoms with Gasteiger partial charge in [-0.15, -0.1) is 0 Å². The minimum Gasteiger partial charge on any atom is -0.508 e. The zero-order chi connectivity index (χ0) is 15.0. The van der Waals surface area contributed by atoms with Crippen LogP contribution in [0.1, 0.15) is 23.7 Å². The van der Waals surface area contributed by atoms with E-state index in [1.807, 2.05) is 6.07 Å². The molecule has 1 heterocycles. The average molecular weight is 288 g/mol. The van der Waals surface area contributed by atoms with Gasteiger partial charge < -0.3 is 24.8 Å². The van der Waals surface area contributed by atoms with E-state index >= 15 is 0 Å². The van der Waals surface area contributed by atoms with E-state index in [1.54, 1.807) is 12.1 Å².